The molecule has 0 amide bonds. The first kappa shape index (κ1) is 20.4. The molecule has 9 heteroatoms. The van der Waals surface area contributed by atoms with E-state index in [0.29, 0.717) is 11.1 Å². The van der Waals surface area contributed by atoms with Gasteiger partial charge >= 0.3 is 41.5 Å². The van der Waals surface area contributed by atoms with Crippen LogP contribution in [0.25, 0.3) is 0 Å². The van der Waals surface area contributed by atoms with Crippen molar-refractivity contribution in [1.82, 2.24) is 0 Å². The third-order valence-corrected chi connectivity index (χ3v) is 1.70. The molecule has 1 aromatic rings. The van der Waals surface area contributed by atoms with E-state index in [1.165, 1.54) is 20.3 Å². The van der Waals surface area contributed by atoms with Gasteiger partial charge in [-0.15, -0.1) is 0 Å². The van der Waals surface area contributed by atoms with Gasteiger partial charge in [0, 0.05) is 11.0 Å². The Labute approximate surface area is 134 Å². The van der Waals surface area contributed by atoms with Crippen LogP contribution in [0.4, 0.5) is 0 Å². The van der Waals surface area contributed by atoms with Crippen LogP contribution in [0, 0.1) is 0 Å². The predicted molar refractivity (Wildman–Crippen MR) is 60.5 cm³/mol. The summed E-state index contributed by atoms with van der Waals surface area (Å²) >= 11 is 0. The molecule has 0 saturated carbocycles. The molecule has 0 aromatic heterocycles. The van der Waals surface area contributed by atoms with Gasteiger partial charge in [-0.3, -0.25) is 0 Å². The SMILES string of the molecule is COC(=O)c1cccc(C(=O)OC)c1.O=[S-](=O)O.[Na+]. The van der Waals surface area contributed by atoms with Gasteiger partial charge in [0.25, 0.3) is 0 Å². The van der Waals surface area contributed by atoms with E-state index in [9.17, 15) is 9.59 Å². The molecular formula is C10H11NaO7S. The molecule has 1 N–H and O–H groups in total. The molecule has 1 rings (SSSR count). The molecule has 0 aliphatic rings. The topological polar surface area (TPSA) is 107 Å². The zero-order chi connectivity index (χ0) is 14.1. The van der Waals surface area contributed by atoms with E-state index in [-0.39, 0.29) is 29.6 Å². The van der Waals surface area contributed by atoms with E-state index in [0.717, 1.165) is 0 Å². The number of rotatable bonds is 2. The van der Waals surface area contributed by atoms with Crippen molar-refractivity contribution >= 4 is 22.9 Å². The Morgan fingerprint density at radius 2 is 1.37 bits per heavy atom. The van der Waals surface area contributed by atoms with Crippen LogP contribution in [0.15, 0.2) is 24.3 Å². The Hall–Kier alpha value is -0.930. The number of methoxy groups -OCH3 is 2. The first-order valence-electron chi connectivity index (χ1n) is 4.47. The third-order valence-electron chi connectivity index (χ3n) is 1.70. The van der Waals surface area contributed by atoms with Crippen LogP contribution in [0.2, 0.25) is 0 Å². The Morgan fingerprint density at radius 1 is 1.05 bits per heavy atom. The molecule has 0 saturated heterocycles. The van der Waals surface area contributed by atoms with Crippen molar-refractivity contribution in [1.29, 1.82) is 0 Å². The molecule has 1 aromatic carbocycles. The number of hydrogen-bond donors (Lipinski definition) is 1. The maximum atomic E-state index is 11.1. The van der Waals surface area contributed by atoms with Crippen LogP contribution in [-0.4, -0.2) is 30.7 Å². The Bertz CT molecular complexity index is 459. The summed E-state index contributed by atoms with van der Waals surface area (Å²) in [4.78, 5) is 22.2. The minimum absolute atomic E-state index is 0. The number of carbonyl (C=O) groups excluding carboxylic acids is 2. The summed E-state index contributed by atoms with van der Waals surface area (Å²) in [6.07, 6.45) is 0. The number of esters is 2. The molecule has 0 unspecified atom stereocenters. The van der Waals surface area contributed by atoms with Gasteiger partial charge in [-0.1, -0.05) is 6.07 Å². The van der Waals surface area contributed by atoms with Crippen molar-refractivity contribution < 1.29 is 61.6 Å². The quantitative estimate of drug-likeness (QED) is 0.222. The van der Waals surface area contributed by atoms with Crippen LogP contribution in [0.3, 0.4) is 0 Å². The number of benzene rings is 1. The zero-order valence-corrected chi connectivity index (χ0v) is 13.4. The molecule has 0 bridgehead atoms. The van der Waals surface area contributed by atoms with Crippen LogP contribution in [0.1, 0.15) is 20.7 Å². The van der Waals surface area contributed by atoms with Gasteiger partial charge in [-0.2, -0.15) is 0 Å². The van der Waals surface area contributed by atoms with Gasteiger partial charge in [-0.25, -0.2) is 9.59 Å². The van der Waals surface area contributed by atoms with Crippen molar-refractivity contribution in [2.45, 2.75) is 0 Å². The second-order valence-electron chi connectivity index (χ2n) is 2.78. The minimum Gasteiger partial charge on any atom is -0.465 e. The Kier molecular flexibility index (Phi) is 11.7. The summed E-state index contributed by atoms with van der Waals surface area (Å²) in [7, 11) is -0.291. The second-order valence-corrected chi connectivity index (χ2v) is 3.22. The molecule has 0 spiro atoms. The molecule has 19 heavy (non-hydrogen) atoms. The molecule has 0 aliphatic carbocycles. The van der Waals surface area contributed by atoms with Crippen molar-refractivity contribution in [3.63, 3.8) is 0 Å². The molecule has 0 radical (unpaired) electrons. The van der Waals surface area contributed by atoms with E-state index in [2.05, 4.69) is 9.47 Å². The Morgan fingerprint density at radius 3 is 1.63 bits per heavy atom. The zero-order valence-electron chi connectivity index (χ0n) is 10.6. The Balaban J connectivity index is 0. The average Bonchev–Trinajstić information content (AvgIpc) is 2.36. The second kappa shape index (κ2) is 10.9. The van der Waals surface area contributed by atoms with Crippen molar-refractivity contribution in [3.8, 4) is 0 Å². The standard InChI is InChI=1S/C10H10O4.Na.HO3S/c1-13-9(11)7-4-3-5-8(6-7)10(12)14-2;;1-4(2)3/h3-6H,1-2H3;;(H,1,2,3)/q;+1;-1. The van der Waals surface area contributed by atoms with E-state index in [1.807, 2.05) is 0 Å². The molecule has 0 aliphatic heterocycles. The van der Waals surface area contributed by atoms with Crippen LogP contribution in [-0.2, 0) is 28.9 Å². The van der Waals surface area contributed by atoms with Gasteiger partial charge in [0.05, 0.1) is 25.3 Å². The summed E-state index contributed by atoms with van der Waals surface area (Å²) in [5.41, 5.74) is 0.658. The van der Waals surface area contributed by atoms with Crippen LogP contribution >= 0.6 is 0 Å². The fourth-order valence-electron chi connectivity index (χ4n) is 1.01. The largest absolute Gasteiger partial charge is 1.00 e. The maximum absolute atomic E-state index is 11.1. The van der Waals surface area contributed by atoms with E-state index >= 15 is 0 Å². The molecule has 0 atom stereocenters. The smallest absolute Gasteiger partial charge is 0.465 e. The summed E-state index contributed by atoms with van der Waals surface area (Å²) in [5, 5.41) is 0. The fourth-order valence-corrected chi connectivity index (χ4v) is 1.01. The number of carbonyl (C=O) groups is 2. The summed E-state index contributed by atoms with van der Waals surface area (Å²) in [6.45, 7) is 0. The molecule has 0 heterocycles. The van der Waals surface area contributed by atoms with E-state index in [1.54, 1.807) is 18.2 Å². The fraction of sp³-hybridized carbons (Fsp3) is 0.200. The molecule has 0 fully saturated rings. The average molecular weight is 298 g/mol. The molecular weight excluding hydrogens is 287 g/mol. The molecule has 7 nitrogen and oxygen atoms in total. The van der Waals surface area contributed by atoms with Gasteiger partial charge in [0.15, 0.2) is 0 Å². The van der Waals surface area contributed by atoms with E-state index in [4.69, 9.17) is 13.0 Å². The first-order chi connectivity index (χ1) is 8.42. The summed E-state index contributed by atoms with van der Waals surface area (Å²) < 4.78 is 33.1. The number of hydrogen-bond acceptors (Lipinski definition) is 7. The normalized spacial score (nSPS) is 8.63. The van der Waals surface area contributed by atoms with Crippen LogP contribution in [0.5, 0.6) is 0 Å². The van der Waals surface area contributed by atoms with Crippen LogP contribution < -0.4 is 29.6 Å². The maximum Gasteiger partial charge on any atom is 1.00 e. The monoisotopic (exact) mass is 298 g/mol. The third kappa shape index (κ3) is 8.73. The number of ether oxygens (including phenoxy) is 2. The van der Waals surface area contributed by atoms with Crippen molar-refractivity contribution in [2.75, 3.05) is 14.2 Å². The van der Waals surface area contributed by atoms with Crippen molar-refractivity contribution in [3.05, 3.63) is 35.4 Å². The predicted octanol–water partition coefficient (Wildman–Crippen LogP) is -1.97. The minimum atomic E-state index is -2.86. The van der Waals surface area contributed by atoms with Gasteiger partial charge in [0.2, 0.25) is 0 Å². The van der Waals surface area contributed by atoms with Crippen molar-refractivity contribution in [2.24, 2.45) is 0 Å². The van der Waals surface area contributed by atoms with Gasteiger partial charge in [0.1, 0.15) is 0 Å². The first-order valence-corrected chi connectivity index (χ1v) is 5.50. The summed E-state index contributed by atoms with van der Waals surface area (Å²) in [5.74, 6) is -0.952. The van der Waals surface area contributed by atoms with Gasteiger partial charge in [-0.05, 0) is 18.2 Å². The summed E-state index contributed by atoms with van der Waals surface area (Å²) in [6, 6.07) is 6.16. The molecule has 100 valence electrons. The van der Waals surface area contributed by atoms with E-state index < -0.39 is 22.9 Å². The van der Waals surface area contributed by atoms with Gasteiger partial charge < -0.3 is 22.4 Å².